The zero-order valence-corrected chi connectivity index (χ0v) is 12.5. The van der Waals surface area contributed by atoms with Gasteiger partial charge in [-0.2, -0.15) is 0 Å². The fourth-order valence-electron chi connectivity index (χ4n) is 3.71. The lowest BCUT2D eigenvalue weighted by Crippen LogP contribution is -2.49. The normalized spacial score (nSPS) is 31.5. The lowest BCUT2D eigenvalue weighted by molar-refractivity contribution is -0.138. The van der Waals surface area contributed by atoms with E-state index >= 15 is 0 Å². The second kappa shape index (κ2) is 6.71. The molecule has 4 heteroatoms. The van der Waals surface area contributed by atoms with Crippen molar-refractivity contribution >= 4 is 5.91 Å². The zero-order chi connectivity index (χ0) is 13.8. The predicted molar refractivity (Wildman–Crippen MR) is 77.8 cm³/mol. The number of amides is 1. The highest BCUT2D eigenvalue weighted by atomic mass is 16.2. The number of hydrogen-bond donors (Lipinski definition) is 1. The highest BCUT2D eigenvalue weighted by molar-refractivity contribution is 5.82. The molecule has 0 aromatic heterocycles. The summed E-state index contributed by atoms with van der Waals surface area (Å²) in [5.41, 5.74) is 5.70. The monoisotopic (exact) mass is 267 g/mol. The molecule has 1 aliphatic carbocycles. The molecule has 2 fully saturated rings. The molecule has 1 saturated carbocycles. The number of hydrogen-bond acceptors (Lipinski definition) is 3. The largest absolute Gasteiger partial charge is 0.338 e. The first kappa shape index (κ1) is 14.8. The minimum Gasteiger partial charge on any atom is -0.338 e. The quantitative estimate of drug-likeness (QED) is 0.842. The molecular formula is C15H29N3O. The molecule has 2 unspecified atom stereocenters. The molecule has 19 heavy (non-hydrogen) atoms. The molecule has 0 bridgehead atoms. The van der Waals surface area contributed by atoms with E-state index in [0.29, 0.717) is 24.4 Å². The maximum absolute atomic E-state index is 12.8. The Kier molecular flexibility index (Phi) is 5.22. The van der Waals surface area contributed by atoms with Crippen LogP contribution in [0.5, 0.6) is 0 Å². The van der Waals surface area contributed by atoms with Crippen LogP contribution in [-0.2, 0) is 4.79 Å². The van der Waals surface area contributed by atoms with E-state index in [1.54, 1.807) is 0 Å². The molecule has 0 spiro atoms. The van der Waals surface area contributed by atoms with E-state index < -0.39 is 0 Å². The number of nitrogens with two attached hydrogens (primary N) is 1. The first-order chi connectivity index (χ1) is 9.13. The first-order valence-corrected chi connectivity index (χ1v) is 7.84. The second-order valence-corrected chi connectivity index (χ2v) is 6.42. The van der Waals surface area contributed by atoms with Gasteiger partial charge in [0.1, 0.15) is 0 Å². The summed E-state index contributed by atoms with van der Waals surface area (Å²) in [5, 5.41) is 0. The van der Waals surface area contributed by atoms with Crippen molar-refractivity contribution in [3.63, 3.8) is 0 Å². The van der Waals surface area contributed by atoms with Crippen LogP contribution in [-0.4, -0.2) is 54.5 Å². The topological polar surface area (TPSA) is 49.6 Å². The van der Waals surface area contributed by atoms with E-state index in [4.69, 9.17) is 5.73 Å². The summed E-state index contributed by atoms with van der Waals surface area (Å²) in [7, 11) is 2.07. The molecule has 1 aliphatic heterocycles. The van der Waals surface area contributed by atoms with Gasteiger partial charge in [-0.25, -0.2) is 0 Å². The third-order valence-corrected chi connectivity index (χ3v) is 4.66. The third-order valence-electron chi connectivity index (χ3n) is 4.66. The number of carbonyl (C=O) groups is 1. The second-order valence-electron chi connectivity index (χ2n) is 6.42. The van der Waals surface area contributed by atoms with Crippen molar-refractivity contribution in [2.45, 2.75) is 57.5 Å². The van der Waals surface area contributed by atoms with Gasteiger partial charge in [-0.3, -0.25) is 9.69 Å². The third kappa shape index (κ3) is 3.48. The standard InChI is InChI=1S/C15H29N3O/c1-12-10-17(2)14(8-9-16)15(19)18(11-12)13-6-4-3-5-7-13/h12-14H,3-11,16H2,1-2H3. The van der Waals surface area contributed by atoms with Crippen molar-refractivity contribution in [2.75, 3.05) is 26.7 Å². The van der Waals surface area contributed by atoms with Crippen molar-refractivity contribution in [3.05, 3.63) is 0 Å². The smallest absolute Gasteiger partial charge is 0.240 e. The van der Waals surface area contributed by atoms with Crippen LogP contribution >= 0.6 is 0 Å². The van der Waals surface area contributed by atoms with E-state index in [2.05, 4.69) is 23.8 Å². The Balaban J connectivity index is 2.12. The zero-order valence-electron chi connectivity index (χ0n) is 12.5. The van der Waals surface area contributed by atoms with Crippen LogP contribution in [0, 0.1) is 5.92 Å². The van der Waals surface area contributed by atoms with Crippen LogP contribution in [0.1, 0.15) is 45.4 Å². The summed E-state index contributed by atoms with van der Waals surface area (Å²) in [6.45, 7) is 4.77. The molecule has 2 atom stereocenters. The predicted octanol–water partition coefficient (Wildman–Crippen LogP) is 1.45. The molecule has 0 aromatic rings. The van der Waals surface area contributed by atoms with E-state index in [1.165, 1.54) is 32.1 Å². The molecule has 2 aliphatic rings. The maximum Gasteiger partial charge on any atom is 0.240 e. The molecule has 4 nitrogen and oxygen atoms in total. The van der Waals surface area contributed by atoms with Gasteiger partial charge >= 0.3 is 0 Å². The minimum absolute atomic E-state index is 0.00289. The number of rotatable bonds is 3. The van der Waals surface area contributed by atoms with Crippen molar-refractivity contribution in [1.29, 1.82) is 0 Å². The summed E-state index contributed by atoms with van der Waals surface area (Å²) in [4.78, 5) is 17.2. The van der Waals surface area contributed by atoms with E-state index in [0.717, 1.165) is 19.5 Å². The van der Waals surface area contributed by atoms with Crippen molar-refractivity contribution in [3.8, 4) is 0 Å². The van der Waals surface area contributed by atoms with Gasteiger partial charge in [0.05, 0.1) is 6.04 Å². The lowest BCUT2D eigenvalue weighted by atomic mass is 9.93. The molecule has 2 rings (SSSR count). The lowest BCUT2D eigenvalue weighted by Gasteiger charge is -2.36. The SMILES string of the molecule is CC1CN(C)C(CCN)C(=O)N(C2CCCCC2)C1. The summed E-state index contributed by atoms with van der Waals surface area (Å²) < 4.78 is 0. The summed E-state index contributed by atoms with van der Waals surface area (Å²) in [6, 6.07) is 0.479. The van der Waals surface area contributed by atoms with Gasteiger partial charge in [0, 0.05) is 19.1 Å². The summed E-state index contributed by atoms with van der Waals surface area (Å²) in [5.74, 6) is 0.878. The van der Waals surface area contributed by atoms with Crippen molar-refractivity contribution < 1.29 is 4.79 Å². The molecule has 1 amide bonds. The van der Waals surface area contributed by atoms with Gasteiger partial charge in [-0.1, -0.05) is 26.2 Å². The van der Waals surface area contributed by atoms with Crippen LogP contribution < -0.4 is 5.73 Å². The molecule has 110 valence electrons. The van der Waals surface area contributed by atoms with E-state index in [9.17, 15) is 4.79 Å². The first-order valence-electron chi connectivity index (χ1n) is 7.84. The highest BCUT2D eigenvalue weighted by Crippen LogP contribution is 2.26. The Morgan fingerprint density at radius 2 is 1.89 bits per heavy atom. The molecule has 2 N–H and O–H groups in total. The number of nitrogens with zero attached hydrogens (tertiary/aromatic N) is 2. The summed E-state index contributed by atoms with van der Waals surface area (Å²) in [6.07, 6.45) is 7.06. The molecule has 1 saturated heterocycles. The van der Waals surface area contributed by atoms with Gasteiger partial charge in [0.15, 0.2) is 0 Å². The minimum atomic E-state index is -0.00289. The summed E-state index contributed by atoms with van der Waals surface area (Å²) >= 11 is 0. The fourth-order valence-corrected chi connectivity index (χ4v) is 3.71. The van der Waals surface area contributed by atoms with Crippen LogP contribution in [0.2, 0.25) is 0 Å². The number of carbonyl (C=O) groups excluding carboxylic acids is 1. The van der Waals surface area contributed by atoms with Crippen LogP contribution in [0.25, 0.3) is 0 Å². The van der Waals surface area contributed by atoms with Crippen LogP contribution in [0.4, 0.5) is 0 Å². The highest BCUT2D eigenvalue weighted by Gasteiger charge is 2.36. The Morgan fingerprint density at radius 3 is 2.53 bits per heavy atom. The fraction of sp³-hybridized carbons (Fsp3) is 0.933. The Labute approximate surface area is 117 Å². The van der Waals surface area contributed by atoms with Crippen molar-refractivity contribution in [1.82, 2.24) is 9.80 Å². The van der Waals surface area contributed by atoms with Gasteiger partial charge in [-0.05, 0) is 38.8 Å². The average molecular weight is 267 g/mol. The van der Waals surface area contributed by atoms with Gasteiger partial charge in [0.25, 0.3) is 0 Å². The Hall–Kier alpha value is -0.610. The van der Waals surface area contributed by atoms with Crippen LogP contribution in [0.15, 0.2) is 0 Å². The average Bonchev–Trinajstić information content (AvgIpc) is 2.51. The molecule has 1 heterocycles. The Morgan fingerprint density at radius 1 is 1.21 bits per heavy atom. The van der Waals surface area contributed by atoms with Crippen molar-refractivity contribution in [2.24, 2.45) is 11.7 Å². The van der Waals surface area contributed by atoms with E-state index in [-0.39, 0.29) is 6.04 Å². The van der Waals surface area contributed by atoms with Gasteiger partial charge < -0.3 is 10.6 Å². The maximum atomic E-state index is 12.8. The number of likely N-dealkylation sites (N-methyl/N-ethyl adjacent to an activating group) is 1. The molecule has 0 radical (unpaired) electrons. The molecular weight excluding hydrogens is 238 g/mol. The van der Waals surface area contributed by atoms with E-state index in [1.807, 2.05) is 0 Å². The van der Waals surface area contributed by atoms with Gasteiger partial charge in [0.2, 0.25) is 5.91 Å². The Bertz CT molecular complexity index is 302. The van der Waals surface area contributed by atoms with Crippen LogP contribution in [0.3, 0.4) is 0 Å². The molecule has 0 aromatic carbocycles. The van der Waals surface area contributed by atoms with Gasteiger partial charge in [-0.15, -0.1) is 0 Å².